The van der Waals surface area contributed by atoms with Gasteiger partial charge in [-0.15, -0.1) is 0 Å². The van der Waals surface area contributed by atoms with Crippen LogP contribution in [-0.4, -0.2) is 40.9 Å². The van der Waals surface area contributed by atoms with Crippen LogP contribution in [0.3, 0.4) is 0 Å². The Morgan fingerprint density at radius 2 is 1.70 bits per heavy atom. The molecule has 0 radical (unpaired) electrons. The molecule has 0 spiro atoms. The Morgan fingerprint density at radius 3 is 2.36 bits per heavy atom. The second kappa shape index (κ2) is 10.1. The zero-order valence-electron chi connectivity index (χ0n) is 17.9. The van der Waals surface area contributed by atoms with E-state index in [1.807, 2.05) is 0 Å². The number of hydrogen-bond donors (Lipinski definition) is 2. The quantitative estimate of drug-likeness (QED) is 0.526. The van der Waals surface area contributed by atoms with Crippen molar-refractivity contribution >= 4 is 33.2 Å². The highest BCUT2D eigenvalue weighted by Gasteiger charge is 2.29. The standard InChI is InChI=1S/C23H22FN3O5S/c1-25-23(29)16-6-5-7-18(14-16)26-22(28)15-27(20-8-3-4-9-21(20)32-2)33(30,31)19-12-10-17(24)11-13-19/h3-14H,15H2,1-2H3,(H,25,29)(H,26,28). The fraction of sp³-hybridized carbons (Fsp3) is 0.130. The molecule has 0 aromatic heterocycles. The number of nitrogens with one attached hydrogen (secondary N) is 2. The number of amides is 2. The van der Waals surface area contributed by atoms with E-state index < -0.39 is 28.3 Å². The number of anilines is 2. The van der Waals surface area contributed by atoms with E-state index >= 15 is 0 Å². The van der Waals surface area contributed by atoms with Crippen molar-refractivity contribution in [1.29, 1.82) is 0 Å². The minimum Gasteiger partial charge on any atom is -0.495 e. The maximum absolute atomic E-state index is 13.4. The summed E-state index contributed by atoms with van der Waals surface area (Å²) in [5.41, 5.74) is 0.787. The molecule has 0 atom stereocenters. The summed E-state index contributed by atoms with van der Waals surface area (Å²) >= 11 is 0. The van der Waals surface area contributed by atoms with E-state index in [-0.39, 0.29) is 22.2 Å². The van der Waals surface area contributed by atoms with Crippen LogP contribution in [0, 0.1) is 5.82 Å². The zero-order chi connectivity index (χ0) is 24.0. The van der Waals surface area contributed by atoms with E-state index in [9.17, 15) is 22.4 Å². The van der Waals surface area contributed by atoms with Crippen LogP contribution in [0.15, 0.2) is 77.7 Å². The van der Waals surface area contributed by atoms with Crippen molar-refractivity contribution in [3.8, 4) is 5.75 Å². The number of nitrogens with zero attached hydrogens (tertiary/aromatic N) is 1. The Bertz CT molecular complexity index is 1260. The maximum Gasteiger partial charge on any atom is 0.264 e. The zero-order valence-corrected chi connectivity index (χ0v) is 18.7. The van der Waals surface area contributed by atoms with Gasteiger partial charge in [0.1, 0.15) is 18.1 Å². The van der Waals surface area contributed by atoms with Crippen LogP contribution < -0.4 is 19.7 Å². The molecule has 0 aliphatic carbocycles. The molecule has 3 rings (SSSR count). The lowest BCUT2D eigenvalue weighted by atomic mass is 10.2. The molecule has 0 aliphatic heterocycles. The second-order valence-corrected chi connectivity index (χ2v) is 8.71. The van der Waals surface area contributed by atoms with Crippen molar-refractivity contribution in [3.05, 3.63) is 84.2 Å². The summed E-state index contributed by atoms with van der Waals surface area (Å²) in [6, 6.07) is 16.8. The number of sulfonamides is 1. The Kier molecular flexibility index (Phi) is 7.29. The maximum atomic E-state index is 13.4. The van der Waals surface area contributed by atoms with Gasteiger partial charge in [-0.25, -0.2) is 12.8 Å². The van der Waals surface area contributed by atoms with Crippen molar-refractivity contribution < 1.29 is 27.1 Å². The molecule has 2 amide bonds. The Morgan fingerprint density at radius 1 is 1.00 bits per heavy atom. The largest absolute Gasteiger partial charge is 0.495 e. The van der Waals surface area contributed by atoms with Gasteiger partial charge in [0, 0.05) is 18.3 Å². The SMILES string of the molecule is CNC(=O)c1cccc(NC(=O)CN(c2ccccc2OC)S(=O)(=O)c2ccc(F)cc2)c1. The number of rotatable bonds is 8. The normalized spacial score (nSPS) is 10.9. The summed E-state index contributed by atoms with van der Waals surface area (Å²) in [6.07, 6.45) is 0. The van der Waals surface area contributed by atoms with Crippen molar-refractivity contribution in [1.82, 2.24) is 5.32 Å². The number of carbonyl (C=O) groups is 2. The first-order chi connectivity index (χ1) is 15.8. The molecule has 0 aliphatic rings. The van der Waals surface area contributed by atoms with Crippen molar-refractivity contribution in [2.75, 3.05) is 30.3 Å². The van der Waals surface area contributed by atoms with Gasteiger partial charge in [-0.2, -0.15) is 0 Å². The smallest absolute Gasteiger partial charge is 0.264 e. The van der Waals surface area contributed by atoms with E-state index in [2.05, 4.69) is 10.6 Å². The van der Waals surface area contributed by atoms with Gasteiger partial charge in [-0.05, 0) is 54.6 Å². The molecule has 0 saturated carbocycles. The van der Waals surface area contributed by atoms with Crippen LogP contribution in [0.2, 0.25) is 0 Å². The summed E-state index contributed by atoms with van der Waals surface area (Å²) in [6.45, 7) is -0.593. The summed E-state index contributed by atoms with van der Waals surface area (Å²) < 4.78 is 46.3. The Balaban J connectivity index is 1.96. The molecule has 0 fully saturated rings. The lowest BCUT2D eigenvalue weighted by molar-refractivity contribution is -0.114. The number of hydrogen-bond acceptors (Lipinski definition) is 5. The van der Waals surface area contributed by atoms with Crippen molar-refractivity contribution in [2.24, 2.45) is 0 Å². The van der Waals surface area contributed by atoms with Gasteiger partial charge in [0.15, 0.2) is 0 Å². The van der Waals surface area contributed by atoms with Crippen LogP contribution in [-0.2, 0) is 14.8 Å². The Hall–Kier alpha value is -3.92. The lowest BCUT2D eigenvalue weighted by Gasteiger charge is -2.25. The molecule has 0 saturated heterocycles. The van der Waals surface area contributed by atoms with Crippen molar-refractivity contribution in [3.63, 3.8) is 0 Å². The van der Waals surface area contributed by atoms with Gasteiger partial charge >= 0.3 is 0 Å². The highest BCUT2D eigenvalue weighted by Crippen LogP contribution is 2.32. The van der Waals surface area contributed by atoms with Crippen LogP contribution in [0.1, 0.15) is 10.4 Å². The summed E-state index contributed by atoms with van der Waals surface area (Å²) in [5, 5.41) is 5.10. The molecule has 0 unspecified atom stereocenters. The molecule has 3 aromatic rings. The van der Waals surface area contributed by atoms with Crippen LogP contribution in [0.4, 0.5) is 15.8 Å². The summed E-state index contributed by atoms with van der Waals surface area (Å²) in [5.74, 6) is -1.34. The first-order valence-corrected chi connectivity index (χ1v) is 11.2. The van der Waals surface area contributed by atoms with Gasteiger partial charge in [0.05, 0.1) is 17.7 Å². The number of ether oxygens (including phenoxy) is 1. The fourth-order valence-corrected chi connectivity index (χ4v) is 4.51. The summed E-state index contributed by atoms with van der Waals surface area (Å²) in [4.78, 5) is 24.5. The first-order valence-electron chi connectivity index (χ1n) is 9.79. The molecule has 172 valence electrons. The van der Waals surface area contributed by atoms with Gasteiger partial charge in [0.2, 0.25) is 5.91 Å². The molecule has 3 aromatic carbocycles. The number of methoxy groups -OCH3 is 1. The molecule has 0 bridgehead atoms. The number of para-hydroxylation sites is 2. The summed E-state index contributed by atoms with van der Waals surface area (Å²) in [7, 11) is -1.39. The fourth-order valence-electron chi connectivity index (χ4n) is 3.08. The minimum atomic E-state index is -4.25. The third kappa shape index (κ3) is 5.47. The van der Waals surface area contributed by atoms with Crippen LogP contribution in [0.5, 0.6) is 5.75 Å². The first kappa shape index (κ1) is 23.7. The second-order valence-electron chi connectivity index (χ2n) is 6.85. The van der Waals surface area contributed by atoms with Gasteiger partial charge < -0.3 is 15.4 Å². The van der Waals surface area contributed by atoms with E-state index in [4.69, 9.17) is 4.74 Å². The monoisotopic (exact) mass is 471 g/mol. The van der Waals surface area contributed by atoms with E-state index in [0.29, 0.717) is 11.3 Å². The van der Waals surface area contributed by atoms with Gasteiger partial charge in [-0.1, -0.05) is 18.2 Å². The lowest BCUT2D eigenvalue weighted by Crippen LogP contribution is -2.38. The number of carbonyl (C=O) groups excluding carboxylic acids is 2. The average Bonchev–Trinajstić information content (AvgIpc) is 2.82. The molecular formula is C23H22FN3O5S. The number of benzene rings is 3. The minimum absolute atomic E-state index is 0.138. The highest BCUT2D eigenvalue weighted by atomic mass is 32.2. The molecule has 8 nitrogen and oxygen atoms in total. The van der Waals surface area contributed by atoms with Crippen LogP contribution >= 0.6 is 0 Å². The number of halogens is 1. The van der Waals surface area contributed by atoms with Gasteiger partial charge in [0.25, 0.3) is 15.9 Å². The third-order valence-corrected chi connectivity index (χ3v) is 6.45. The van der Waals surface area contributed by atoms with E-state index in [0.717, 1.165) is 28.6 Å². The molecule has 10 heteroatoms. The van der Waals surface area contributed by atoms with Gasteiger partial charge in [-0.3, -0.25) is 13.9 Å². The van der Waals surface area contributed by atoms with Crippen LogP contribution in [0.25, 0.3) is 0 Å². The van der Waals surface area contributed by atoms with Crippen molar-refractivity contribution in [2.45, 2.75) is 4.90 Å². The highest BCUT2D eigenvalue weighted by molar-refractivity contribution is 7.92. The predicted molar refractivity (Wildman–Crippen MR) is 122 cm³/mol. The Labute approximate surface area is 191 Å². The average molecular weight is 472 g/mol. The molecule has 33 heavy (non-hydrogen) atoms. The molecular weight excluding hydrogens is 449 g/mol. The molecule has 2 N–H and O–H groups in total. The van der Waals surface area contributed by atoms with E-state index in [1.54, 1.807) is 36.4 Å². The molecule has 0 heterocycles. The van der Waals surface area contributed by atoms with E-state index in [1.165, 1.54) is 26.3 Å². The predicted octanol–water partition coefficient (Wildman–Crippen LogP) is 3.03. The third-order valence-electron chi connectivity index (χ3n) is 4.68. The topological polar surface area (TPSA) is 105 Å².